The number of aryl methyl sites for hydroxylation is 1. The highest BCUT2D eigenvalue weighted by Gasteiger charge is 2.23. The lowest BCUT2D eigenvalue weighted by atomic mass is 9.80. The molecule has 178 valence electrons. The zero-order chi connectivity index (χ0) is 24.0. The minimum atomic E-state index is -0.251. The molecule has 0 aliphatic heterocycles. The number of aromatic nitrogens is 2. The first-order valence-electron chi connectivity index (χ1n) is 12.6. The van der Waals surface area contributed by atoms with Crippen LogP contribution in [0.3, 0.4) is 0 Å². The highest BCUT2D eigenvalue weighted by atomic mass is 16.5. The van der Waals surface area contributed by atoms with E-state index in [2.05, 4.69) is 77.6 Å². The molecule has 0 bridgehead atoms. The molecule has 0 saturated carbocycles. The Morgan fingerprint density at radius 2 is 1.69 bits per heavy atom. The van der Waals surface area contributed by atoms with Gasteiger partial charge in [0.05, 0.1) is 6.20 Å². The Morgan fingerprint density at radius 1 is 0.971 bits per heavy atom. The van der Waals surface area contributed by atoms with Crippen LogP contribution < -0.4 is 4.74 Å². The van der Waals surface area contributed by atoms with Crippen molar-refractivity contribution >= 4 is 5.97 Å². The number of esters is 1. The number of ether oxygens (including phenoxy) is 1. The maximum atomic E-state index is 11.5. The van der Waals surface area contributed by atoms with Crippen LogP contribution in [0.1, 0.15) is 72.3 Å². The van der Waals surface area contributed by atoms with E-state index in [0.717, 1.165) is 38.0 Å². The van der Waals surface area contributed by atoms with E-state index < -0.39 is 0 Å². The van der Waals surface area contributed by atoms with Crippen LogP contribution in [0.15, 0.2) is 91.3 Å². The Balaban J connectivity index is 1.28. The maximum absolute atomic E-state index is 11.5. The summed E-state index contributed by atoms with van der Waals surface area (Å²) in [7, 11) is 0. The first-order chi connectivity index (χ1) is 17.2. The van der Waals surface area contributed by atoms with Crippen molar-refractivity contribution in [3.05, 3.63) is 119 Å². The summed E-state index contributed by atoms with van der Waals surface area (Å²) in [5, 5.41) is 4.72. The summed E-state index contributed by atoms with van der Waals surface area (Å²) in [4.78, 5) is 11.5. The van der Waals surface area contributed by atoms with Gasteiger partial charge in [0.15, 0.2) is 0 Å². The van der Waals surface area contributed by atoms with Gasteiger partial charge in [-0.25, -0.2) is 0 Å². The lowest BCUT2D eigenvalue weighted by molar-refractivity contribution is -0.131. The molecule has 1 atom stereocenters. The molecule has 0 amide bonds. The third-order valence-corrected chi connectivity index (χ3v) is 7.03. The summed E-state index contributed by atoms with van der Waals surface area (Å²) in [6, 6.07) is 27.5. The van der Waals surface area contributed by atoms with Gasteiger partial charge in [-0.1, -0.05) is 72.8 Å². The molecule has 1 aromatic heterocycles. The molecule has 4 nitrogen and oxygen atoms in total. The molecular weight excluding hydrogens is 432 g/mol. The van der Waals surface area contributed by atoms with E-state index >= 15 is 0 Å². The molecule has 0 N–H and O–H groups in total. The van der Waals surface area contributed by atoms with E-state index in [0.29, 0.717) is 5.92 Å². The molecular formula is C31H32N2O2. The van der Waals surface area contributed by atoms with Crippen molar-refractivity contribution in [3.63, 3.8) is 0 Å². The second-order valence-corrected chi connectivity index (χ2v) is 9.44. The molecule has 1 aliphatic carbocycles. The zero-order valence-electron chi connectivity index (χ0n) is 20.3. The number of hydrogen-bond donors (Lipinski definition) is 0. The average Bonchev–Trinajstić information content (AvgIpc) is 3.34. The van der Waals surface area contributed by atoms with Gasteiger partial charge in [0, 0.05) is 31.1 Å². The molecule has 0 saturated heterocycles. The number of nitrogens with zero attached hydrogens (tertiary/aromatic N) is 2. The molecule has 4 heteroatoms. The zero-order valence-corrected chi connectivity index (χ0v) is 20.3. The van der Waals surface area contributed by atoms with E-state index in [1.54, 1.807) is 0 Å². The number of hydrogen-bond acceptors (Lipinski definition) is 3. The van der Waals surface area contributed by atoms with Crippen molar-refractivity contribution in [2.45, 2.75) is 57.4 Å². The Morgan fingerprint density at radius 3 is 2.37 bits per heavy atom. The summed E-state index contributed by atoms with van der Waals surface area (Å²) in [6.45, 7) is 2.37. The van der Waals surface area contributed by atoms with E-state index in [1.807, 2.05) is 18.3 Å². The predicted molar refractivity (Wildman–Crippen MR) is 139 cm³/mol. The highest BCUT2D eigenvalue weighted by molar-refractivity contribution is 5.70. The average molecular weight is 465 g/mol. The first-order valence-corrected chi connectivity index (χ1v) is 12.6. The lowest BCUT2D eigenvalue weighted by Crippen LogP contribution is -2.13. The van der Waals surface area contributed by atoms with Gasteiger partial charge in [-0.3, -0.25) is 9.48 Å². The van der Waals surface area contributed by atoms with Crippen molar-refractivity contribution in [1.29, 1.82) is 0 Å². The number of carbonyl (C=O) groups excluding carboxylic acids is 1. The van der Waals surface area contributed by atoms with Gasteiger partial charge in [-0.2, -0.15) is 5.10 Å². The summed E-state index contributed by atoms with van der Waals surface area (Å²) < 4.78 is 7.57. The topological polar surface area (TPSA) is 44.1 Å². The Kier molecular flexibility index (Phi) is 7.08. The van der Waals surface area contributed by atoms with Crippen LogP contribution in [0.5, 0.6) is 5.75 Å². The number of rotatable bonds is 8. The second kappa shape index (κ2) is 10.7. The first kappa shape index (κ1) is 23.1. The molecule has 4 aromatic rings. The van der Waals surface area contributed by atoms with Crippen molar-refractivity contribution in [1.82, 2.24) is 9.78 Å². The SMILES string of the molecule is CC(=O)Oc1cccc2c1CCCC2CCCn1cc(C(c2ccccc2)c2ccccc2)cn1. The van der Waals surface area contributed by atoms with Gasteiger partial charge < -0.3 is 4.74 Å². The fourth-order valence-electron chi connectivity index (χ4n) is 5.48. The van der Waals surface area contributed by atoms with Crippen molar-refractivity contribution < 1.29 is 9.53 Å². The molecule has 3 aromatic carbocycles. The van der Waals surface area contributed by atoms with E-state index in [4.69, 9.17) is 9.84 Å². The monoisotopic (exact) mass is 464 g/mol. The van der Waals surface area contributed by atoms with Crippen LogP contribution in [-0.4, -0.2) is 15.7 Å². The third kappa shape index (κ3) is 5.37. The van der Waals surface area contributed by atoms with E-state index in [9.17, 15) is 4.79 Å². The van der Waals surface area contributed by atoms with E-state index in [-0.39, 0.29) is 11.9 Å². The largest absolute Gasteiger partial charge is 0.426 e. The second-order valence-electron chi connectivity index (χ2n) is 9.44. The Bertz CT molecular complexity index is 1220. The van der Waals surface area contributed by atoms with Crippen molar-refractivity contribution in [3.8, 4) is 5.75 Å². The molecule has 0 spiro atoms. The molecule has 1 unspecified atom stereocenters. The van der Waals surface area contributed by atoms with Crippen LogP contribution in [0.4, 0.5) is 0 Å². The van der Waals surface area contributed by atoms with Gasteiger partial charge in [0.1, 0.15) is 5.75 Å². The molecule has 1 aliphatic rings. The van der Waals surface area contributed by atoms with Gasteiger partial charge in [0.25, 0.3) is 0 Å². The quantitative estimate of drug-likeness (QED) is 0.211. The lowest BCUT2D eigenvalue weighted by Gasteiger charge is -2.27. The van der Waals surface area contributed by atoms with Crippen LogP contribution in [-0.2, 0) is 17.8 Å². The minimum Gasteiger partial charge on any atom is -0.426 e. The summed E-state index contributed by atoms with van der Waals surface area (Å²) in [5.74, 6) is 1.17. The molecule has 5 rings (SSSR count). The van der Waals surface area contributed by atoms with Crippen molar-refractivity contribution in [2.75, 3.05) is 0 Å². The molecule has 0 fully saturated rings. The molecule has 0 radical (unpaired) electrons. The minimum absolute atomic E-state index is 0.177. The Labute approximate surface area is 207 Å². The van der Waals surface area contributed by atoms with Crippen molar-refractivity contribution in [2.24, 2.45) is 0 Å². The van der Waals surface area contributed by atoms with Crippen LogP contribution in [0.2, 0.25) is 0 Å². The third-order valence-electron chi connectivity index (χ3n) is 7.03. The molecule has 35 heavy (non-hydrogen) atoms. The van der Waals surface area contributed by atoms with Gasteiger partial charge in [-0.15, -0.1) is 0 Å². The number of carbonyl (C=O) groups is 1. The van der Waals surface area contributed by atoms with Gasteiger partial charge in [0.2, 0.25) is 0 Å². The maximum Gasteiger partial charge on any atom is 0.308 e. The summed E-state index contributed by atoms with van der Waals surface area (Å²) in [6.07, 6.45) is 9.70. The Hall–Kier alpha value is -3.66. The normalized spacial score (nSPS) is 15.1. The standard InChI is InChI=1S/C31H32N2O2/c1-23(34)35-30-19-9-17-28-24(15-8-18-29(28)30)16-10-20-33-22-27(21-32-33)31(25-11-4-2-5-12-25)26-13-6-3-7-14-26/h2-7,9,11-14,17,19,21-22,24,31H,8,10,15-16,18,20H2,1H3. The van der Waals surface area contributed by atoms with Gasteiger partial charge in [-0.05, 0) is 66.3 Å². The predicted octanol–water partition coefficient (Wildman–Crippen LogP) is 6.89. The fourth-order valence-corrected chi connectivity index (χ4v) is 5.48. The van der Waals surface area contributed by atoms with Crippen LogP contribution in [0, 0.1) is 0 Å². The van der Waals surface area contributed by atoms with Crippen LogP contribution in [0.25, 0.3) is 0 Å². The van der Waals surface area contributed by atoms with E-state index in [1.165, 1.54) is 41.2 Å². The van der Waals surface area contributed by atoms with Crippen LogP contribution >= 0.6 is 0 Å². The summed E-state index contributed by atoms with van der Waals surface area (Å²) >= 11 is 0. The fraction of sp³-hybridized carbons (Fsp3) is 0.290. The number of benzene rings is 3. The smallest absolute Gasteiger partial charge is 0.308 e. The number of fused-ring (bicyclic) bond motifs is 1. The molecule has 1 heterocycles. The van der Waals surface area contributed by atoms with Gasteiger partial charge >= 0.3 is 5.97 Å². The summed E-state index contributed by atoms with van der Waals surface area (Å²) in [5.41, 5.74) is 6.34. The highest BCUT2D eigenvalue weighted by Crippen LogP contribution is 2.39.